The number of para-hydroxylation sites is 1. The summed E-state index contributed by atoms with van der Waals surface area (Å²) in [7, 11) is 1.65. The van der Waals surface area contributed by atoms with Crippen molar-refractivity contribution >= 4 is 17.7 Å². The van der Waals surface area contributed by atoms with E-state index in [1.54, 1.807) is 7.11 Å². The molecule has 2 aromatic rings. The molecule has 4 heteroatoms. The zero-order valence-electron chi connectivity index (χ0n) is 14.2. The highest BCUT2D eigenvalue weighted by Crippen LogP contribution is 2.31. The summed E-state index contributed by atoms with van der Waals surface area (Å²) in [4.78, 5) is 15.0. The summed E-state index contributed by atoms with van der Waals surface area (Å²) in [5.41, 5.74) is 3.42. The van der Waals surface area contributed by atoms with Crippen LogP contribution >= 0.6 is 11.8 Å². The van der Waals surface area contributed by atoms with Crippen molar-refractivity contribution in [1.82, 2.24) is 4.90 Å². The van der Waals surface area contributed by atoms with Crippen molar-refractivity contribution in [3.8, 4) is 5.75 Å². The number of benzene rings is 2. The number of amides is 1. The van der Waals surface area contributed by atoms with Gasteiger partial charge in [-0.25, -0.2) is 0 Å². The number of hydrogen-bond acceptors (Lipinski definition) is 3. The van der Waals surface area contributed by atoms with Crippen LogP contribution in [-0.4, -0.2) is 36.0 Å². The molecule has 0 aliphatic carbocycles. The van der Waals surface area contributed by atoms with Crippen molar-refractivity contribution in [3.63, 3.8) is 0 Å². The lowest BCUT2D eigenvalue weighted by Gasteiger charge is -2.36. The third kappa shape index (κ3) is 3.75. The number of aryl methyl sites for hydroxylation is 1. The van der Waals surface area contributed by atoms with Crippen LogP contribution in [0, 0.1) is 6.92 Å². The first-order valence-corrected chi connectivity index (χ1v) is 9.40. The number of thioether (sulfide) groups is 1. The van der Waals surface area contributed by atoms with Gasteiger partial charge in [-0.15, -0.1) is 0 Å². The first kappa shape index (κ1) is 16.9. The molecule has 0 saturated carbocycles. The van der Waals surface area contributed by atoms with Crippen LogP contribution in [0.5, 0.6) is 5.75 Å². The van der Waals surface area contributed by atoms with Crippen LogP contribution in [0.3, 0.4) is 0 Å². The van der Waals surface area contributed by atoms with E-state index in [-0.39, 0.29) is 11.9 Å². The van der Waals surface area contributed by atoms with E-state index >= 15 is 0 Å². The molecular weight excluding hydrogens is 318 g/mol. The van der Waals surface area contributed by atoms with Gasteiger partial charge in [0.25, 0.3) is 0 Å². The van der Waals surface area contributed by atoms with Crippen LogP contribution in [0.25, 0.3) is 0 Å². The van der Waals surface area contributed by atoms with Crippen molar-refractivity contribution in [3.05, 3.63) is 65.2 Å². The standard InChI is InChI=1S/C20H23NO2S/c1-15-7-9-16(10-8-15)18-14-24-12-11-21(18)20(22)13-17-5-3-4-6-19(17)23-2/h3-10,18H,11-14H2,1-2H3/t18-/m1/s1. The quantitative estimate of drug-likeness (QED) is 0.846. The van der Waals surface area contributed by atoms with Gasteiger partial charge in [-0.2, -0.15) is 11.8 Å². The fraction of sp³-hybridized carbons (Fsp3) is 0.350. The second kappa shape index (κ2) is 7.75. The van der Waals surface area contributed by atoms with Gasteiger partial charge in [0.1, 0.15) is 5.75 Å². The Morgan fingerprint density at radius 2 is 1.96 bits per heavy atom. The van der Waals surface area contributed by atoms with Crippen molar-refractivity contribution in [2.24, 2.45) is 0 Å². The van der Waals surface area contributed by atoms with Crippen LogP contribution < -0.4 is 4.74 Å². The predicted molar refractivity (Wildman–Crippen MR) is 99.7 cm³/mol. The van der Waals surface area contributed by atoms with E-state index in [0.717, 1.165) is 29.4 Å². The Morgan fingerprint density at radius 3 is 2.71 bits per heavy atom. The summed E-state index contributed by atoms with van der Waals surface area (Å²) < 4.78 is 5.38. The minimum Gasteiger partial charge on any atom is -0.496 e. The molecule has 1 aliphatic rings. The fourth-order valence-electron chi connectivity index (χ4n) is 3.08. The molecule has 1 heterocycles. The SMILES string of the molecule is COc1ccccc1CC(=O)N1CCSC[C@@H]1c1ccc(C)cc1. The highest BCUT2D eigenvalue weighted by atomic mass is 32.2. The molecule has 3 nitrogen and oxygen atoms in total. The van der Waals surface area contributed by atoms with Crippen LogP contribution in [-0.2, 0) is 11.2 Å². The average Bonchev–Trinajstić information content (AvgIpc) is 2.63. The molecule has 126 valence electrons. The highest BCUT2D eigenvalue weighted by molar-refractivity contribution is 7.99. The van der Waals surface area contributed by atoms with Crippen LogP contribution in [0.2, 0.25) is 0 Å². The molecule has 1 aliphatic heterocycles. The summed E-state index contributed by atoms with van der Waals surface area (Å²) >= 11 is 1.92. The first-order valence-electron chi connectivity index (χ1n) is 8.24. The highest BCUT2D eigenvalue weighted by Gasteiger charge is 2.28. The number of hydrogen-bond donors (Lipinski definition) is 0. The van der Waals surface area contributed by atoms with E-state index in [2.05, 4.69) is 31.2 Å². The van der Waals surface area contributed by atoms with Gasteiger partial charge in [-0.1, -0.05) is 48.0 Å². The van der Waals surface area contributed by atoms with Crippen LogP contribution in [0.1, 0.15) is 22.7 Å². The smallest absolute Gasteiger partial charge is 0.227 e. The third-order valence-corrected chi connectivity index (χ3v) is 5.47. The molecule has 0 unspecified atom stereocenters. The monoisotopic (exact) mass is 341 g/mol. The molecule has 3 rings (SSSR count). The maximum absolute atomic E-state index is 12.9. The molecule has 1 atom stereocenters. The topological polar surface area (TPSA) is 29.5 Å². The molecule has 2 aromatic carbocycles. The van der Waals surface area contributed by atoms with Gasteiger partial charge in [0.15, 0.2) is 0 Å². The van der Waals surface area contributed by atoms with E-state index in [0.29, 0.717) is 6.42 Å². The maximum Gasteiger partial charge on any atom is 0.227 e. The van der Waals surface area contributed by atoms with Gasteiger partial charge in [0.2, 0.25) is 5.91 Å². The number of nitrogens with zero attached hydrogens (tertiary/aromatic N) is 1. The third-order valence-electron chi connectivity index (χ3n) is 4.45. The second-order valence-corrected chi connectivity index (χ2v) is 7.23. The zero-order valence-corrected chi connectivity index (χ0v) is 15.0. The first-order chi connectivity index (χ1) is 11.7. The zero-order chi connectivity index (χ0) is 16.9. The molecule has 0 bridgehead atoms. The summed E-state index contributed by atoms with van der Waals surface area (Å²) in [5, 5.41) is 0. The normalized spacial score (nSPS) is 17.6. The van der Waals surface area contributed by atoms with E-state index in [1.165, 1.54) is 11.1 Å². The van der Waals surface area contributed by atoms with Gasteiger partial charge in [-0.3, -0.25) is 4.79 Å². The summed E-state index contributed by atoms with van der Waals surface area (Å²) in [6.45, 7) is 2.89. The number of carbonyl (C=O) groups excluding carboxylic acids is 1. The van der Waals surface area contributed by atoms with E-state index in [1.807, 2.05) is 40.9 Å². The molecule has 0 N–H and O–H groups in total. The van der Waals surface area contributed by atoms with Crippen LogP contribution in [0.15, 0.2) is 48.5 Å². The van der Waals surface area contributed by atoms with Gasteiger partial charge >= 0.3 is 0 Å². The summed E-state index contributed by atoms with van der Waals surface area (Å²) in [6.07, 6.45) is 0.386. The Balaban J connectivity index is 1.79. The second-order valence-electron chi connectivity index (χ2n) is 6.08. The molecule has 0 spiro atoms. The lowest BCUT2D eigenvalue weighted by Crippen LogP contribution is -2.41. The Morgan fingerprint density at radius 1 is 1.21 bits per heavy atom. The molecule has 0 radical (unpaired) electrons. The minimum atomic E-state index is 0.159. The van der Waals surface area contributed by atoms with E-state index in [9.17, 15) is 4.79 Å². The molecule has 1 saturated heterocycles. The average molecular weight is 341 g/mol. The predicted octanol–water partition coefficient (Wildman–Crippen LogP) is 3.86. The Kier molecular flexibility index (Phi) is 5.46. The minimum absolute atomic E-state index is 0.159. The van der Waals surface area contributed by atoms with Gasteiger partial charge in [-0.05, 0) is 18.6 Å². The number of carbonyl (C=O) groups is 1. The summed E-state index contributed by atoms with van der Waals surface area (Å²) in [6, 6.07) is 16.5. The maximum atomic E-state index is 12.9. The molecule has 0 aromatic heterocycles. The number of rotatable bonds is 4. The molecule has 24 heavy (non-hydrogen) atoms. The van der Waals surface area contributed by atoms with E-state index < -0.39 is 0 Å². The van der Waals surface area contributed by atoms with Crippen molar-refractivity contribution in [2.45, 2.75) is 19.4 Å². The lowest BCUT2D eigenvalue weighted by atomic mass is 10.0. The van der Waals surface area contributed by atoms with Crippen molar-refractivity contribution in [2.75, 3.05) is 25.2 Å². The fourth-order valence-corrected chi connectivity index (χ4v) is 4.17. The van der Waals surface area contributed by atoms with E-state index in [4.69, 9.17) is 4.74 Å². The van der Waals surface area contributed by atoms with Gasteiger partial charge < -0.3 is 9.64 Å². The molecular formula is C20H23NO2S. The summed E-state index contributed by atoms with van der Waals surface area (Å²) in [5.74, 6) is 2.91. The number of ether oxygens (including phenoxy) is 1. The molecule has 1 fully saturated rings. The van der Waals surface area contributed by atoms with Gasteiger partial charge in [0.05, 0.1) is 19.6 Å². The largest absolute Gasteiger partial charge is 0.496 e. The number of methoxy groups -OCH3 is 1. The molecule has 1 amide bonds. The Labute approximate surface area is 148 Å². The van der Waals surface area contributed by atoms with Crippen molar-refractivity contribution < 1.29 is 9.53 Å². The van der Waals surface area contributed by atoms with Gasteiger partial charge in [0, 0.05) is 23.6 Å². The Hall–Kier alpha value is -1.94. The van der Waals surface area contributed by atoms with Crippen molar-refractivity contribution in [1.29, 1.82) is 0 Å². The lowest BCUT2D eigenvalue weighted by molar-refractivity contribution is -0.132. The van der Waals surface area contributed by atoms with Crippen LogP contribution in [0.4, 0.5) is 0 Å². The Bertz CT molecular complexity index is 699.